The average molecular weight is 287 g/mol. The number of nitrogens with zero attached hydrogens (tertiary/aromatic N) is 2. The molecule has 114 valence electrons. The molecule has 0 bridgehead atoms. The van der Waals surface area contributed by atoms with E-state index in [9.17, 15) is 0 Å². The van der Waals surface area contributed by atoms with E-state index in [2.05, 4.69) is 47.0 Å². The van der Waals surface area contributed by atoms with E-state index in [1.165, 1.54) is 18.4 Å². The van der Waals surface area contributed by atoms with E-state index in [0.717, 1.165) is 23.9 Å². The lowest BCUT2D eigenvalue weighted by molar-refractivity contribution is 0.414. The van der Waals surface area contributed by atoms with E-state index in [1.807, 2.05) is 19.1 Å². The van der Waals surface area contributed by atoms with Gasteiger partial charge in [0.1, 0.15) is 5.75 Å². The summed E-state index contributed by atoms with van der Waals surface area (Å²) in [5.41, 5.74) is 2.27. The van der Waals surface area contributed by atoms with Gasteiger partial charge >= 0.3 is 0 Å². The highest BCUT2D eigenvalue weighted by molar-refractivity contribution is 5.36. The van der Waals surface area contributed by atoms with Crippen LogP contribution in [0.1, 0.15) is 44.0 Å². The molecule has 0 saturated carbocycles. The van der Waals surface area contributed by atoms with Crippen molar-refractivity contribution >= 4 is 5.95 Å². The number of benzene rings is 1. The molecule has 1 unspecified atom stereocenters. The quantitative estimate of drug-likeness (QED) is 0.830. The molecule has 21 heavy (non-hydrogen) atoms. The molecule has 1 aromatic carbocycles. The number of nitrogens with one attached hydrogen (secondary N) is 1. The van der Waals surface area contributed by atoms with Crippen LogP contribution in [-0.2, 0) is 6.54 Å². The summed E-state index contributed by atoms with van der Waals surface area (Å²) in [5.74, 6) is 1.83. The van der Waals surface area contributed by atoms with Gasteiger partial charge in [0.2, 0.25) is 5.95 Å². The van der Waals surface area contributed by atoms with Gasteiger partial charge in [0, 0.05) is 12.7 Å². The summed E-state index contributed by atoms with van der Waals surface area (Å²) in [6, 6.07) is 8.36. The fourth-order valence-corrected chi connectivity index (χ4v) is 2.33. The van der Waals surface area contributed by atoms with Crippen molar-refractivity contribution in [2.45, 2.75) is 46.2 Å². The molecule has 2 aromatic rings. The number of unbranched alkanes of at least 4 members (excludes halogenated alkanes) is 1. The first kappa shape index (κ1) is 15.4. The molecular formula is C17H25N3O. The number of ether oxygens (including phenoxy) is 1. The minimum absolute atomic E-state index is 0.207. The number of anilines is 1. The Morgan fingerprint density at radius 2 is 2.00 bits per heavy atom. The van der Waals surface area contributed by atoms with Gasteiger partial charge in [-0.3, -0.25) is 0 Å². The van der Waals surface area contributed by atoms with Gasteiger partial charge in [-0.05, 0) is 38.0 Å². The second kappa shape index (κ2) is 7.16. The second-order valence-corrected chi connectivity index (χ2v) is 5.39. The lowest BCUT2D eigenvalue weighted by atomic mass is 10.1. The third-order valence-electron chi connectivity index (χ3n) is 3.61. The van der Waals surface area contributed by atoms with Gasteiger partial charge in [0.05, 0.1) is 18.8 Å². The first-order valence-corrected chi connectivity index (χ1v) is 7.58. The molecule has 1 aromatic heterocycles. The number of imidazole rings is 1. The zero-order valence-corrected chi connectivity index (χ0v) is 13.4. The minimum atomic E-state index is 0.207. The molecule has 4 nitrogen and oxygen atoms in total. The van der Waals surface area contributed by atoms with Crippen molar-refractivity contribution < 1.29 is 4.74 Å². The molecule has 1 atom stereocenters. The van der Waals surface area contributed by atoms with Gasteiger partial charge in [-0.2, -0.15) is 0 Å². The Balaban J connectivity index is 2.09. The third-order valence-corrected chi connectivity index (χ3v) is 3.61. The first-order valence-electron chi connectivity index (χ1n) is 7.58. The van der Waals surface area contributed by atoms with Crippen LogP contribution in [0.4, 0.5) is 5.95 Å². The Morgan fingerprint density at radius 3 is 2.62 bits per heavy atom. The van der Waals surface area contributed by atoms with Crippen LogP contribution >= 0.6 is 0 Å². The summed E-state index contributed by atoms with van der Waals surface area (Å²) in [7, 11) is 1.68. The first-order chi connectivity index (χ1) is 10.1. The maximum Gasteiger partial charge on any atom is 0.203 e. The number of hydrogen-bond acceptors (Lipinski definition) is 3. The average Bonchev–Trinajstić information content (AvgIpc) is 2.84. The van der Waals surface area contributed by atoms with Crippen LogP contribution in [0.25, 0.3) is 0 Å². The van der Waals surface area contributed by atoms with Crippen molar-refractivity contribution in [2.24, 2.45) is 0 Å². The number of hydrogen-bond donors (Lipinski definition) is 1. The van der Waals surface area contributed by atoms with Gasteiger partial charge in [0.15, 0.2) is 0 Å². The van der Waals surface area contributed by atoms with Gasteiger partial charge in [-0.1, -0.05) is 25.5 Å². The van der Waals surface area contributed by atoms with Crippen LogP contribution in [0.5, 0.6) is 5.75 Å². The Morgan fingerprint density at radius 1 is 1.29 bits per heavy atom. The highest BCUT2D eigenvalue weighted by Crippen LogP contribution is 2.21. The van der Waals surface area contributed by atoms with E-state index < -0.39 is 0 Å². The summed E-state index contributed by atoms with van der Waals surface area (Å²) < 4.78 is 7.40. The van der Waals surface area contributed by atoms with Gasteiger partial charge < -0.3 is 14.6 Å². The monoisotopic (exact) mass is 287 g/mol. The van der Waals surface area contributed by atoms with Crippen LogP contribution in [0.15, 0.2) is 30.5 Å². The van der Waals surface area contributed by atoms with E-state index >= 15 is 0 Å². The number of aromatic nitrogens is 2. The fourth-order valence-electron chi connectivity index (χ4n) is 2.33. The lowest BCUT2D eigenvalue weighted by Gasteiger charge is -2.16. The normalized spacial score (nSPS) is 12.2. The van der Waals surface area contributed by atoms with E-state index in [0.29, 0.717) is 0 Å². The Labute approximate surface area is 127 Å². The maximum atomic E-state index is 5.20. The fraction of sp³-hybridized carbons (Fsp3) is 0.471. The molecule has 4 heteroatoms. The predicted octanol–water partition coefficient (Wildman–Crippen LogP) is 4.17. The lowest BCUT2D eigenvalue weighted by Crippen LogP contribution is -2.12. The van der Waals surface area contributed by atoms with Crippen LogP contribution in [0.2, 0.25) is 0 Å². The minimum Gasteiger partial charge on any atom is -0.497 e. The zero-order chi connectivity index (χ0) is 15.2. The third kappa shape index (κ3) is 4.00. The molecule has 2 rings (SSSR count). The summed E-state index contributed by atoms with van der Waals surface area (Å²) in [6.07, 6.45) is 4.46. The standard InChI is InChI=1S/C17H25N3O/c1-5-6-11-20-12-13(2)18-17(20)19-14(3)15-7-9-16(21-4)10-8-15/h7-10,12,14H,5-6,11H2,1-4H3,(H,18,19). The predicted molar refractivity (Wildman–Crippen MR) is 86.9 cm³/mol. The highest BCUT2D eigenvalue weighted by atomic mass is 16.5. The van der Waals surface area contributed by atoms with Crippen LogP contribution < -0.4 is 10.1 Å². The van der Waals surface area contributed by atoms with Crippen LogP contribution in [-0.4, -0.2) is 16.7 Å². The number of aryl methyl sites for hydroxylation is 2. The molecule has 1 heterocycles. The van der Waals surface area contributed by atoms with Crippen molar-refractivity contribution in [1.29, 1.82) is 0 Å². The zero-order valence-electron chi connectivity index (χ0n) is 13.4. The molecule has 1 N–H and O–H groups in total. The van der Waals surface area contributed by atoms with Crippen molar-refractivity contribution in [2.75, 3.05) is 12.4 Å². The van der Waals surface area contributed by atoms with Crippen LogP contribution in [0, 0.1) is 6.92 Å². The topological polar surface area (TPSA) is 39.1 Å². The molecular weight excluding hydrogens is 262 g/mol. The largest absolute Gasteiger partial charge is 0.497 e. The number of rotatable bonds is 7. The maximum absolute atomic E-state index is 5.20. The second-order valence-electron chi connectivity index (χ2n) is 5.39. The van der Waals surface area contributed by atoms with Crippen LogP contribution in [0.3, 0.4) is 0 Å². The molecule has 0 radical (unpaired) electrons. The van der Waals surface area contributed by atoms with Gasteiger partial charge in [-0.25, -0.2) is 4.98 Å². The van der Waals surface area contributed by atoms with Crippen molar-refractivity contribution in [3.8, 4) is 5.75 Å². The summed E-state index contributed by atoms with van der Waals surface area (Å²) in [6.45, 7) is 7.40. The summed E-state index contributed by atoms with van der Waals surface area (Å²) in [5, 5.41) is 3.51. The SMILES string of the molecule is CCCCn1cc(C)nc1NC(C)c1ccc(OC)cc1. The van der Waals surface area contributed by atoms with Crippen molar-refractivity contribution in [1.82, 2.24) is 9.55 Å². The molecule has 0 spiro atoms. The molecule has 0 amide bonds. The summed E-state index contributed by atoms with van der Waals surface area (Å²) in [4.78, 5) is 4.59. The highest BCUT2D eigenvalue weighted by Gasteiger charge is 2.10. The Bertz CT molecular complexity index is 560. The van der Waals surface area contributed by atoms with Gasteiger partial charge in [0.25, 0.3) is 0 Å². The summed E-state index contributed by atoms with van der Waals surface area (Å²) >= 11 is 0. The molecule has 0 aliphatic rings. The number of methoxy groups -OCH3 is 1. The van der Waals surface area contributed by atoms with E-state index in [1.54, 1.807) is 7.11 Å². The molecule has 0 aliphatic carbocycles. The van der Waals surface area contributed by atoms with E-state index in [4.69, 9.17) is 4.74 Å². The Kier molecular flexibility index (Phi) is 5.26. The molecule has 0 fully saturated rings. The van der Waals surface area contributed by atoms with Crippen molar-refractivity contribution in [3.05, 3.63) is 41.7 Å². The van der Waals surface area contributed by atoms with E-state index in [-0.39, 0.29) is 6.04 Å². The van der Waals surface area contributed by atoms with Gasteiger partial charge in [-0.15, -0.1) is 0 Å². The Hall–Kier alpha value is -1.97. The smallest absolute Gasteiger partial charge is 0.203 e. The molecule has 0 aliphatic heterocycles. The van der Waals surface area contributed by atoms with Crippen molar-refractivity contribution in [3.63, 3.8) is 0 Å². The molecule has 0 saturated heterocycles.